The molecular formula is C8H11FN2O2S. The Bertz CT molecular complexity index is 362. The maximum absolute atomic E-state index is 12.6. The molecular weight excluding hydrogens is 207 g/mol. The van der Waals surface area contributed by atoms with Crippen molar-refractivity contribution in [1.29, 1.82) is 0 Å². The summed E-state index contributed by atoms with van der Waals surface area (Å²) in [5.74, 6) is 0.339. The second kappa shape index (κ2) is 3.22. The predicted molar refractivity (Wildman–Crippen MR) is 50.5 cm³/mol. The molecule has 0 bridgehead atoms. The van der Waals surface area contributed by atoms with Gasteiger partial charge >= 0.3 is 0 Å². The van der Waals surface area contributed by atoms with Crippen molar-refractivity contribution < 1.29 is 13.7 Å². The summed E-state index contributed by atoms with van der Waals surface area (Å²) < 4.78 is 18.8. The van der Waals surface area contributed by atoms with Crippen LogP contribution in [0.4, 0.5) is 3.89 Å². The van der Waals surface area contributed by atoms with Crippen molar-refractivity contribution in [3.8, 4) is 0 Å². The fourth-order valence-corrected chi connectivity index (χ4v) is 1.90. The lowest BCUT2D eigenvalue weighted by Crippen LogP contribution is -2.48. The molecule has 1 N–H and O–H groups in total. The van der Waals surface area contributed by atoms with Crippen LogP contribution in [0, 0.1) is 13.8 Å². The van der Waals surface area contributed by atoms with Crippen molar-refractivity contribution in [2.75, 3.05) is 13.2 Å². The Labute approximate surface area is 85.5 Å². The van der Waals surface area contributed by atoms with Crippen LogP contribution in [-0.4, -0.2) is 27.3 Å². The first kappa shape index (κ1) is 9.95. The highest BCUT2D eigenvalue weighted by Gasteiger charge is 2.43. The number of aromatic nitrogens is 2. The Balaban J connectivity index is 2.47. The molecule has 0 saturated carbocycles. The molecule has 1 aliphatic heterocycles. The van der Waals surface area contributed by atoms with Crippen LogP contribution < -0.4 is 0 Å². The van der Waals surface area contributed by atoms with Gasteiger partial charge in [-0.3, -0.25) is 0 Å². The molecule has 4 nitrogen and oxygen atoms in total. The molecule has 78 valence electrons. The van der Waals surface area contributed by atoms with Crippen molar-refractivity contribution in [1.82, 2.24) is 8.96 Å². The zero-order chi connectivity index (χ0) is 10.3. The largest absolute Gasteiger partial charge is 0.377 e. The van der Waals surface area contributed by atoms with Crippen LogP contribution in [0.15, 0.2) is 0 Å². The molecule has 0 unspecified atom stereocenters. The van der Waals surface area contributed by atoms with Crippen LogP contribution in [-0.2, 0) is 10.3 Å². The summed E-state index contributed by atoms with van der Waals surface area (Å²) in [6.45, 7) is 3.92. The molecule has 2 heterocycles. The van der Waals surface area contributed by atoms with Gasteiger partial charge in [-0.05, 0) is 13.8 Å². The quantitative estimate of drug-likeness (QED) is 0.807. The van der Waals surface area contributed by atoms with Gasteiger partial charge in [0.15, 0.2) is 23.8 Å². The van der Waals surface area contributed by atoms with Crippen LogP contribution in [0.1, 0.15) is 17.2 Å². The van der Waals surface area contributed by atoms with Crippen LogP contribution in [0.5, 0.6) is 0 Å². The Morgan fingerprint density at radius 3 is 2.64 bits per heavy atom. The van der Waals surface area contributed by atoms with Crippen LogP contribution >= 0.6 is 12.3 Å². The maximum Gasteiger partial charge on any atom is 0.171 e. The smallest absolute Gasteiger partial charge is 0.171 e. The second-order valence-electron chi connectivity index (χ2n) is 3.49. The van der Waals surface area contributed by atoms with Gasteiger partial charge in [0, 0.05) is 0 Å². The summed E-state index contributed by atoms with van der Waals surface area (Å²) >= 11 is 0.0576. The summed E-state index contributed by atoms with van der Waals surface area (Å²) in [6, 6.07) is 0. The van der Waals surface area contributed by atoms with E-state index in [4.69, 9.17) is 4.74 Å². The van der Waals surface area contributed by atoms with Crippen molar-refractivity contribution in [2.45, 2.75) is 19.4 Å². The van der Waals surface area contributed by atoms with E-state index in [0.29, 0.717) is 11.5 Å². The van der Waals surface area contributed by atoms with Gasteiger partial charge in [0.1, 0.15) is 0 Å². The SMILES string of the molecule is Cc1nc(C2(O)COC2)n(SF)c1C. The molecule has 1 fully saturated rings. The van der Waals surface area contributed by atoms with Crippen LogP contribution in [0.3, 0.4) is 0 Å². The van der Waals surface area contributed by atoms with Crippen molar-refractivity contribution in [3.05, 3.63) is 17.2 Å². The summed E-state index contributed by atoms with van der Waals surface area (Å²) in [5, 5.41) is 9.94. The molecule has 0 spiro atoms. The molecule has 0 radical (unpaired) electrons. The van der Waals surface area contributed by atoms with Gasteiger partial charge in [-0.1, -0.05) is 0 Å². The third-order valence-electron chi connectivity index (χ3n) is 2.46. The minimum absolute atomic E-state index is 0.0576. The topological polar surface area (TPSA) is 47.3 Å². The molecule has 0 atom stereocenters. The lowest BCUT2D eigenvalue weighted by molar-refractivity contribution is -0.189. The average molecular weight is 218 g/mol. The summed E-state index contributed by atoms with van der Waals surface area (Å²) in [7, 11) is 0. The lowest BCUT2D eigenvalue weighted by atomic mass is 10.0. The Morgan fingerprint density at radius 2 is 2.21 bits per heavy atom. The molecule has 0 amide bonds. The van der Waals surface area contributed by atoms with Gasteiger partial charge < -0.3 is 9.84 Å². The van der Waals surface area contributed by atoms with Gasteiger partial charge in [-0.25, -0.2) is 8.96 Å². The van der Waals surface area contributed by atoms with E-state index in [-0.39, 0.29) is 25.5 Å². The molecule has 0 aromatic carbocycles. The number of nitrogens with zero attached hydrogens (tertiary/aromatic N) is 2. The third kappa shape index (κ3) is 1.25. The number of ether oxygens (including phenoxy) is 1. The standard InChI is InChI=1S/C8H11FN2O2S/c1-5-6(2)11(14-9)7(10-5)8(12)3-13-4-8/h12H,3-4H2,1-2H3. The number of hydrogen-bond donors (Lipinski definition) is 1. The van der Waals surface area contributed by atoms with Gasteiger partial charge in [-0.2, -0.15) is 0 Å². The van der Waals surface area contributed by atoms with E-state index in [9.17, 15) is 8.99 Å². The monoisotopic (exact) mass is 218 g/mol. The van der Waals surface area contributed by atoms with E-state index >= 15 is 0 Å². The van der Waals surface area contributed by atoms with E-state index in [1.54, 1.807) is 13.8 Å². The first-order valence-electron chi connectivity index (χ1n) is 4.24. The van der Waals surface area contributed by atoms with Crippen LogP contribution in [0.25, 0.3) is 0 Å². The second-order valence-corrected chi connectivity index (χ2v) is 4.00. The number of imidazole rings is 1. The van der Waals surface area contributed by atoms with E-state index in [1.807, 2.05) is 0 Å². The zero-order valence-electron chi connectivity index (χ0n) is 7.95. The van der Waals surface area contributed by atoms with E-state index in [2.05, 4.69) is 4.98 Å². The Hall–Kier alpha value is -0.590. The van der Waals surface area contributed by atoms with Crippen LogP contribution in [0.2, 0.25) is 0 Å². The fourth-order valence-electron chi connectivity index (χ4n) is 1.39. The van der Waals surface area contributed by atoms with E-state index in [0.717, 1.165) is 5.69 Å². The molecule has 2 rings (SSSR count). The van der Waals surface area contributed by atoms with Gasteiger partial charge in [0.2, 0.25) is 0 Å². The highest BCUT2D eigenvalue weighted by atomic mass is 32.2. The molecule has 0 aliphatic carbocycles. The number of aryl methyl sites for hydroxylation is 1. The van der Waals surface area contributed by atoms with Crippen molar-refractivity contribution in [2.24, 2.45) is 0 Å². The van der Waals surface area contributed by atoms with E-state index in [1.165, 1.54) is 3.97 Å². The number of hydrogen-bond acceptors (Lipinski definition) is 4. The molecule has 1 saturated heterocycles. The molecule has 14 heavy (non-hydrogen) atoms. The Kier molecular flexibility index (Phi) is 2.29. The first-order chi connectivity index (χ1) is 6.58. The maximum atomic E-state index is 12.6. The average Bonchev–Trinajstić information content (AvgIpc) is 2.39. The highest BCUT2D eigenvalue weighted by Crippen LogP contribution is 2.32. The number of rotatable bonds is 2. The minimum atomic E-state index is -1.11. The lowest BCUT2D eigenvalue weighted by Gasteiger charge is -2.35. The summed E-state index contributed by atoms with van der Waals surface area (Å²) in [5.41, 5.74) is 0.330. The van der Waals surface area contributed by atoms with Crippen molar-refractivity contribution in [3.63, 3.8) is 0 Å². The first-order valence-corrected chi connectivity index (χ1v) is 4.91. The van der Waals surface area contributed by atoms with Crippen molar-refractivity contribution >= 4 is 12.3 Å². The Morgan fingerprint density at radius 1 is 1.57 bits per heavy atom. The number of halogens is 1. The minimum Gasteiger partial charge on any atom is -0.377 e. The normalized spacial score (nSPS) is 19.4. The fraction of sp³-hybridized carbons (Fsp3) is 0.625. The van der Waals surface area contributed by atoms with Gasteiger partial charge in [0.25, 0.3) is 0 Å². The van der Waals surface area contributed by atoms with Gasteiger partial charge in [-0.15, -0.1) is 3.89 Å². The summed E-state index contributed by atoms with van der Waals surface area (Å²) in [6.07, 6.45) is 0. The molecule has 1 aromatic heterocycles. The van der Waals surface area contributed by atoms with Gasteiger partial charge in [0.05, 0.1) is 24.6 Å². The predicted octanol–water partition coefficient (Wildman–Crippen LogP) is 1.10. The molecule has 6 heteroatoms. The van der Waals surface area contributed by atoms with E-state index < -0.39 is 5.60 Å². The zero-order valence-corrected chi connectivity index (χ0v) is 8.77. The molecule has 1 aliphatic rings. The molecule has 1 aromatic rings. The third-order valence-corrected chi connectivity index (χ3v) is 3.05. The number of aliphatic hydroxyl groups is 1. The summed E-state index contributed by atoms with van der Waals surface area (Å²) in [4.78, 5) is 4.15. The highest BCUT2D eigenvalue weighted by molar-refractivity contribution is 7.92.